The van der Waals surface area contributed by atoms with Crippen LogP contribution in [0.5, 0.6) is 17.2 Å². The number of carbonyl (C=O) groups is 1. The number of fused-ring (bicyclic) bond motifs is 1. The average Bonchev–Trinajstić information content (AvgIpc) is 2.45. The summed E-state index contributed by atoms with van der Waals surface area (Å²) < 4.78 is 12.9. The Morgan fingerprint density at radius 2 is 1.91 bits per heavy atom. The van der Waals surface area contributed by atoms with Crippen molar-refractivity contribution in [1.29, 1.82) is 0 Å². The Kier molecular flexibility index (Phi) is 3.11. The number of phenolic OH excluding ortho intramolecular Hbond substituents is 2. The fourth-order valence-corrected chi connectivity index (χ4v) is 2.46. The highest BCUT2D eigenvalue weighted by Crippen LogP contribution is 2.39. The van der Waals surface area contributed by atoms with Crippen LogP contribution in [0.4, 0.5) is 0 Å². The molecule has 7 nitrogen and oxygen atoms in total. The van der Waals surface area contributed by atoms with Gasteiger partial charge in [-0.05, 0) is 11.6 Å². The second-order valence-corrected chi connectivity index (χ2v) is 5.06. The molecule has 0 radical (unpaired) electrons. The SMILES string of the molecule is [2H]C1(O)C=CC([C@H]2Oc3cc(O)cc(O)c3C(=O)[C@@H]2O)=CC1O. The van der Waals surface area contributed by atoms with E-state index in [4.69, 9.17) is 6.11 Å². The largest absolute Gasteiger partial charge is 0.508 e. The molecule has 7 heteroatoms. The third-order valence-electron chi connectivity index (χ3n) is 3.55. The first-order valence-corrected chi connectivity index (χ1v) is 6.47. The summed E-state index contributed by atoms with van der Waals surface area (Å²) in [5, 5.41) is 48.6. The molecule has 0 saturated heterocycles. The van der Waals surface area contributed by atoms with Crippen LogP contribution in [0.25, 0.3) is 0 Å². The molecule has 5 N–H and O–H groups in total. The maximum Gasteiger partial charge on any atom is 0.202 e. The lowest BCUT2D eigenvalue weighted by Gasteiger charge is -2.32. The molecule has 4 atom stereocenters. The summed E-state index contributed by atoms with van der Waals surface area (Å²) in [5.74, 6) is -1.75. The van der Waals surface area contributed by atoms with Crippen LogP contribution in [0, 0.1) is 0 Å². The molecule has 0 bridgehead atoms. The normalized spacial score (nSPS) is 34.5. The first-order chi connectivity index (χ1) is 10.7. The molecule has 22 heavy (non-hydrogen) atoms. The second-order valence-electron chi connectivity index (χ2n) is 5.06. The molecule has 2 unspecified atom stereocenters. The lowest BCUT2D eigenvalue weighted by Crippen LogP contribution is -2.44. The number of ketones is 1. The zero-order valence-corrected chi connectivity index (χ0v) is 11.2. The van der Waals surface area contributed by atoms with Gasteiger partial charge < -0.3 is 30.3 Å². The molecule has 0 amide bonds. The summed E-state index contributed by atoms with van der Waals surface area (Å²) >= 11 is 0. The maximum absolute atomic E-state index is 12.2. The van der Waals surface area contributed by atoms with Gasteiger partial charge in [-0.15, -0.1) is 0 Å². The quantitative estimate of drug-likeness (QED) is 0.478. The Morgan fingerprint density at radius 1 is 1.18 bits per heavy atom. The van der Waals surface area contributed by atoms with Crippen LogP contribution in [-0.4, -0.2) is 55.7 Å². The van der Waals surface area contributed by atoms with Crippen LogP contribution in [0.2, 0.25) is 0 Å². The molecule has 0 spiro atoms. The molecule has 1 aromatic rings. The van der Waals surface area contributed by atoms with E-state index in [9.17, 15) is 30.3 Å². The van der Waals surface area contributed by atoms with E-state index < -0.39 is 35.9 Å². The van der Waals surface area contributed by atoms with Gasteiger partial charge in [0.1, 0.15) is 35.0 Å². The Morgan fingerprint density at radius 3 is 2.59 bits per heavy atom. The van der Waals surface area contributed by atoms with Gasteiger partial charge in [0.2, 0.25) is 5.78 Å². The lowest BCUT2D eigenvalue weighted by molar-refractivity contribution is 0.0326. The summed E-state index contributed by atoms with van der Waals surface area (Å²) in [5.41, 5.74) is -0.0618. The molecule has 3 rings (SSSR count). The van der Waals surface area contributed by atoms with Gasteiger partial charge in [0.05, 0.1) is 1.37 Å². The highest BCUT2D eigenvalue weighted by molar-refractivity contribution is 6.05. The fourth-order valence-electron chi connectivity index (χ4n) is 2.46. The lowest BCUT2D eigenvalue weighted by atomic mass is 9.89. The number of hydrogen-bond acceptors (Lipinski definition) is 7. The van der Waals surface area contributed by atoms with Crippen LogP contribution in [-0.2, 0) is 0 Å². The van der Waals surface area contributed by atoms with Gasteiger partial charge in [-0.2, -0.15) is 0 Å². The minimum atomic E-state index is -2.21. The molecule has 1 aromatic carbocycles. The van der Waals surface area contributed by atoms with Crippen molar-refractivity contribution < 1.29 is 36.4 Å². The van der Waals surface area contributed by atoms with Gasteiger partial charge in [-0.25, -0.2) is 0 Å². The highest BCUT2D eigenvalue weighted by atomic mass is 16.5. The number of rotatable bonds is 1. The number of aliphatic hydroxyl groups excluding tert-OH is 2. The summed E-state index contributed by atoms with van der Waals surface area (Å²) in [6.45, 7) is 0. The van der Waals surface area contributed by atoms with Crippen molar-refractivity contribution in [2.45, 2.75) is 24.4 Å². The summed E-state index contributed by atoms with van der Waals surface area (Å²) in [4.78, 5) is 12.2. The van der Waals surface area contributed by atoms with E-state index >= 15 is 0 Å². The van der Waals surface area contributed by atoms with E-state index in [2.05, 4.69) is 0 Å². The number of carbonyl (C=O) groups excluding carboxylic acids is 1. The first-order valence-electron chi connectivity index (χ1n) is 6.97. The minimum absolute atomic E-state index is 0.113. The van der Waals surface area contributed by atoms with Crippen LogP contribution < -0.4 is 4.74 Å². The number of phenols is 2. The number of Topliss-reactive ketones (excluding diaryl/α,β-unsaturated/α-hetero) is 1. The molecule has 0 fully saturated rings. The molecule has 116 valence electrons. The Hall–Kier alpha value is -2.35. The molecule has 0 aromatic heterocycles. The number of ether oxygens (including phenoxy) is 1. The number of aliphatic hydroxyl groups is 3. The van der Waals surface area contributed by atoms with E-state index in [-0.39, 0.29) is 22.6 Å². The molecule has 0 saturated carbocycles. The zero-order valence-electron chi connectivity index (χ0n) is 12.2. The third kappa shape index (κ3) is 2.25. The topological polar surface area (TPSA) is 127 Å². The Balaban J connectivity index is 2.01. The Labute approximate surface area is 126 Å². The van der Waals surface area contributed by atoms with Gasteiger partial charge in [-0.1, -0.05) is 12.2 Å². The van der Waals surface area contributed by atoms with Gasteiger partial charge in [-0.3, -0.25) is 4.79 Å². The maximum atomic E-state index is 12.2. The molecule has 1 aliphatic heterocycles. The van der Waals surface area contributed by atoms with E-state index in [0.717, 1.165) is 24.3 Å². The van der Waals surface area contributed by atoms with Crippen LogP contribution in [0.3, 0.4) is 0 Å². The van der Waals surface area contributed by atoms with Gasteiger partial charge in [0.25, 0.3) is 0 Å². The number of hydrogen-bond donors (Lipinski definition) is 5. The highest BCUT2D eigenvalue weighted by Gasteiger charge is 2.40. The molecule has 1 heterocycles. The van der Waals surface area contributed by atoms with Crippen LogP contribution >= 0.6 is 0 Å². The second kappa shape index (κ2) is 5.13. The van der Waals surface area contributed by atoms with E-state index in [1.54, 1.807) is 0 Å². The van der Waals surface area contributed by atoms with Crippen LogP contribution in [0.1, 0.15) is 11.7 Å². The first kappa shape index (κ1) is 13.3. The molecule has 1 aliphatic carbocycles. The van der Waals surface area contributed by atoms with Crippen molar-refractivity contribution >= 4 is 5.78 Å². The standard InChI is InChI=1S/C15H14O7/c16-7-4-10(19)12-11(5-7)22-15(14(21)13(12)20)6-1-2-8(17)9(18)3-6/h1-5,8-9,14-19,21H/t8?,9?,14-,15+/m0/s1/i8D. The predicted octanol–water partition coefficient (Wildman–Crippen LogP) is -0.380. The number of benzene rings is 1. The van der Waals surface area contributed by atoms with Gasteiger partial charge in [0, 0.05) is 12.1 Å². The average molecular weight is 307 g/mol. The summed E-state index contributed by atoms with van der Waals surface area (Å²) in [6, 6.07) is 2.08. The van der Waals surface area contributed by atoms with Gasteiger partial charge >= 0.3 is 0 Å². The molecular formula is C15H14O7. The van der Waals surface area contributed by atoms with Crippen molar-refractivity contribution in [1.82, 2.24) is 0 Å². The summed E-state index contributed by atoms with van der Waals surface area (Å²) in [6.07, 6.45) is -3.27. The smallest absolute Gasteiger partial charge is 0.202 e. The van der Waals surface area contributed by atoms with E-state index in [0.29, 0.717) is 0 Å². The monoisotopic (exact) mass is 307 g/mol. The third-order valence-corrected chi connectivity index (χ3v) is 3.55. The van der Waals surface area contributed by atoms with Gasteiger partial charge in [0.15, 0.2) is 12.2 Å². The van der Waals surface area contributed by atoms with Crippen molar-refractivity contribution in [3.8, 4) is 17.2 Å². The van der Waals surface area contributed by atoms with E-state index in [1.807, 2.05) is 0 Å². The fraction of sp³-hybridized carbons (Fsp3) is 0.267. The predicted molar refractivity (Wildman–Crippen MR) is 73.8 cm³/mol. The van der Waals surface area contributed by atoms with Crippen LogP contribution in [0.15, 0.2) is 35.9 Å². The van der Waals surface area contributed by atoms with E-state index in [1.165, 1.54) is 6.08 Å². The Bertz CT molecular complexity index is 738. The molecule has 2 aliphatic rings. The zero-order chi connectivity index (χ0) is 16.9. The summed E-state index contributed by atoms with van der Waals surface area (Å²) in [7, 11) is 0. The van der Waals surface area contributed by atoms with Crippen molar-refractivity contribution in [3.05, 3.63) is 41.5 Å². The van der Waals surface area contributed by atoms with Crippen molar-refractivity contribution in [2.24, 2.45) is 0 Å². The van der Waals surface area contributed by atoms with Crippen molar-refractivity contribution in [2.75, 3.05) is 0 Å². The van der Waals surface area contributed by atoms with Crippen molar-refractivity contribution in [3.63, 3.8) is 0 Å². The minimum Gasteiger partial charge on any atom is -0.508 e. The molecular weight excluding hydrogens is 292 g/mol. The number of aromatic hydroxyl groups is 2.